The molecule has 0 fully saturated rings. The fourth-order valence-electron chi connectivity index (χ4n) is 3.41. The molecule has 3 aromatic carbocycles. The predicted octanol–water partition coefficient (Wildman–Crippen LogP) is 6.29. The van der Waals surface area contributed by atoms with Crippen molar-refractivity contribution in [2.75, 3.05) is 12.4 Å². The van der Waals surface area contributed by atoms with Crippen molar-refractivity contribution in [3.8, 4) is 17.4 Å². The molecule has 5 nitrogen and oxygen atoms in total. The first-order valence-electron chi connectivity index (χ1n) is 9.47. The van der Waals surface area contributed by atoms with E-state index in [9.17, 15) is 4.39 Å². The zero-order valence-corrected chi connectivity index (χ0v) is 16.4. The number of fused-ring (bicyclic) bond motifs is 3. The molecule has 148 valence electrons. The lowest BCUT2D eigenvalue weighted by Gasteiger charge is -2.12. The molecule has 0 aliphatic carbocycles. The van der Waals surface area contributed by atoms with Crippen molar-refractivity contribution in [3.63, 3.8) is 0 Å². The van der Waals surface area contributed by atoms with Gasteiger partial charge in [-0.3, -0.25) is 4.99 Å². The van der Waals surface area contributed by atoms with Gasteiger partial charge in [-0.2, -0.15) is 0 Å². The number of aryl methyl sites for hydroxylation is 1. The van der Waals surface area contributed by atoms with Crippen molar-refractivity contribution in [1.29, 1.82) is 0 Å². The van der Waals surface area contributed by atoms with Gasteiger partial charge in [-0.25, -0.2) is 9.37 Å². The van der Waals surface area contributed by atoms with Gasteiger partial charge in [0, 0.05) is 23.4 Å². The van der Waals surface area contributed by atoms with Crippen molar-refractivity contribution in [2.45, 2.75) is 6.92 Å². The summed E-state index contributed by atoms with van der Waals surface area (Å²) in [4.78, 5) is 9.23. The molecular weight excluding hydrogens is 381 g/mol. The Morgan fingerprint density at radius 3 is 2.77 bits per heavy atom. The van der Waals surface area contributed by atoms with E-state index in [1.54, 1.807) is 12.3 Å². The minimum absolute atomic E-state index is 0.349. The fourth-order valence-corrected chi connectivity index (χ4v) is 3.41. The lowest BCUT2D eigenvalue weighted by Crippen LogP contribution is -1.97. The molecule has 0 saturated carbocycles. The van der Waals surface area contributed by atoms with Crippen molar-refractivity contribution in [1.82, 2.24) is 4.98 Å². The maximum absolute atomic E-state index is 13.5. The number of ether oxygens (including phenoxy) is 2. The third-order valence-corrected chi connectivity index (χ3v) is 4.91. The highest BCUT2D eigenvalue weighted by Gasteiger charge is 2.15. The highest BCUT2D eigenvalue weighted by atomic mass is 19.1. The maximum atomic E-state index is 13.5. The van der Waals surface area contributed by atoms with E-state index in [4.69, 9.17) is 9.47 Å². The van der Waals surface area contributed by atoms with Crippen molar-refractivity contribution >= 4 is 34.2 Å². The van der Waals surface area contributed by atoms with Crippen LogP contribution in [-0.2, 0) is 0 Å². The molecule has 0 spiro atoms. The first-order chi connectivity index (χ1) is 14.6. The lowest BCUT2D eigenvalue weighted by molar-refractivity contribution is 0.413. The number of pyridine rings is 1. The monoisotopic (exact) mass is 399 g/mol. The third-order valence-electron chi connectivity index (χ3n) is 4.91. The van der Waals surface area contributed by atoms with Crippen LogP contribution < -0.4 is 14.8 Å². The normalized spacial score (nSPS) is 12.0. The topological polar surface area (TPSA) is 55.7 Å². The molecule has 6 heteroatoms. The first-order valence-corrected chi connectivity index (χ1v) is 9.47. The van der Waals surface area contributed by atoms with E-state index in [0.29, 0.717) is 23.1 Å². The summed E-state index contributed by atoms with van der Waals surface area (Å²) in [5.41, 5.74) is 5.01. The second-order valence-corrected chi connectivity index (χ2v) is 7.09. The standard InChI is InChI=1S/C24H18FN3O2/c1-14-3-8-22-21(9-14)26-13-16-10-15-11-18(5-7-19(15)28-24(16)30-22)27-20-6-4-17(25)12-23(20)29-2/h3-13,27H,1-2H3. The van der Waals surface area contributed by atoms with E-state index in [1.807, 2.05) is 49.4 Å². The average molecular weight is 399 g/mol. The van der Waals surface area contributed by atoms with Gasteiger partial charge in [0.1, 0.15) is 17.3 Å². The summed E-state index contributed by atoms with van der Waals surface area (Å²) in [5.74, 6) is 1.29. The molecule has 1 aliphatic rings. The molecule has 0 bridgehead atoms. The molecule has 4 aromatic rings. The lowest BCUT2D eigenvalue weighted by atomic mass is 10.1. The van der Waals surface area contributed by atoms with Crippen LogP contribution in [0.3, 0.4) is 0 Å². The van der Waals surface area contributed by atoms with Crippen LogP contribution >= 0.6 is 0 Å². The van der Waals surface area contributed by atoms with Crippen LogP contribution in [0.2, 0.25) is 0 Å². The fraction of sp³-hybridized carbons (Fsp3) is 0.0833. The van der Waals surface area contributed by atoms with Gasteiger partial charge >= 0.3 is 0 Å². The largest absolute Gasteiger partial charge is 0.494 e. The molecule has 0 amide bonds. The molecule has 0 unspecified atom stereocenters. The molecular formula is C24H18FN3O2. The summed E-state index contributed by atoms with van der Waals surface area (Å²) in [6.45, 7) is 2.02. The van der Waals surface area contributed by atoms with Gasteiger partial charge in [0.2, 0.25) is 5.88 Å². The summed E-state index contributed by atoms with van der Waals surface area (Å²) < 4.78 is 24.7. The van der Waals surface area contributed by atoms with E-state index < -0.39 is 0 Å². The number of hydrogen-bond donors (Lipinski definition) is 1. The van der Waals surface area contributed by atoms with E-state index in [2.05, 4.69) is 15.3 Å². The number of benzene rings is 3. The van der Waals surface area contributed by atoms with E-state index in [1.165, 1.54) is 19.2 Å². The number of nitrogens with zero attached hydrogens (tertiary/aromatic N) is 2. The number of aliphatic imine (C=N–C) groups is 1. The Bertz CT molecular complexity index is 1320. The van der Waals surface area contributed by atoms with Gasteiger partial charge in [-0.05, 0) is 61.0 Å². The van der Waals surface area contributed by atoms with Gasteiger partial charge in [0.15, 0.2) is 5.75 Å². The van der Waals surface area contributed by atoms with E-state index in [0.717, 1.165) is 33.4 Å². The van der Waals surface area contributed by atoms with Crippen molar-refractivity contribution in [2.24, 2.45) is 4.99 Å². The quantitative estimate of drug-likeness (QED) is 0.387. The number of aromatic nitrogens is 1. The number of nitrogens with one attached hydrogen (secondary N) is 1. The predicted molar refractivity (Wildman–Crippen MR) is 116 cm³/mol. The minimum Gasteiger partial charge on any atom is -0.494 e. The van der Waals surface area contributed by atoms with Gasteiger partial charge in [0.25, 0.3) is 0 Å². The average Bonchev–Trinajstić information content (AvgIpc) is 2.92. The Morgan fingerprint density at radius 2 is 1.90 bits per heavy atom. The zero-order chi connectivity index (χ0) is 20.7. The minimum atomic E-state index is -0.349. The van der Waals surface area contributed by atoms with E-state index >= 15 is 0 Å². The summed E-state index contributed by atoms with van der Waals surface area (Å²) in [5, 5.41) is 4.20. The van der Waals surface area contributed by atoms with Crippen LogP contribution in [0.15, 0.2) is 65.7 Å². The molecule has 0 radical (unpaired) electrons. The first kappa shape index (κ1) is 18.1. The SMILES string of the molecule is COc1cc(F)ccc1Nc1ccc2nc3c(cc2c1)C=Nc1cc(C)ccc1O3. The van der Waals surface area contributed by atoms with Gasteiger partial charge in [-0.1, -0.05) is 6.07 Å². The Balaban J connectivity index is 1.52. The number of rotatable bonds is 3. The zero-order valence-electron chi connectivity index (χ0n) is 16.4. The molecule has 1 aliphatic heterocycles. The van der Waals surface area contributed by atoms with Crippen LogP contribution in [0.25, 0.3) is 10.9 Å². The van der Waals surface area contributed by atoms with Crippen LogP contribution in [-0.4, -0.2) is 18.3 Å². The second kappa shape index (κ2) is 7.15. The molecule has 30 heavy (non-hydrogen) atoms. The molecule has 0 atom stereocenters. The van der Waals surface area contributed by atoms with Crippen molar-refractivity contribution in [3.05, 3.63) is 77.6 Å². The third kappa shape index (κ3) is 3.33. The summed E-state index contributed by atoms with van der Waals surface area (Å²) in [6.07, 6.45) is 1.77. The van der Waals surface area contributed by atoms with Crippen LogP contribution in [0.1, 0.15) is 11.1 Å². The number of anilines is 2. The Hall–Kier alpha value is -3.93. The van der Waals surface area contributed by atoms with Gasteiger partial charge in [-0.15, -0.1) is 0 Å². The second-order valence-electron chi connectivity index (χ2n) is 7.09. The number of halogens is 1. The number of methoxy groups -OCH3 is 1. The molecule has 5 rings (SSSR count). The van der Waals surface area contributed by atoms with Crippen LogP contribution in [0, 0.1) is 12.7 Å². The molecule has 1 aromatic heterocycles. The summed E-state index contributed by atoms with van der Waals surface area (Å²) in [7, 11) is 1.51. The Morgan fingerprint density at radius 1 is 1.00 bits per heavy atom. The Labute approximate surface area is 172 Å². The van der Waals surface area contributed by atoms with E-state index in [-0.39, 0.29) is 5.82 Å². The Kier molecular flexibility index (Phi) is 4.32. The molecule has 1 N–H and O–H groups in total. The summed E-state index contributed by atoms with van der Waals surface area (Å²) >= 11 is 0. The van der Waals surface area contributed by atoms with Gasteiger partial charge < -0.3 is 14.8 Å². The smallest absolute Gasteiger partial charge is 0.228 e. The highest BCUT2D eigenvalue weighted by molar-refractivity contribution is 5.94. The highest BCUT2D eigenvalue weighted by Crippen LogP contribution is 2.37. The molecule has 2 heterocycles. The maximum Gasteiger partial charge on any atom is 0.228 e. The van der Waals surface area contributed by atoms with Crippen molar-refractivity contribution < 1.29 is 13.9 Å². The van der Waals surface area contributed by atoms with Crippen LogP contribution in [0.4, 0.5) is 21.5 Å². The number of hydrogen-bond acceptors (Lipinski definition) is 5. The van der Waals surface area contributed by atoms with Crippen LogP contribution in [0.5, 0.6) is 17.4 Å². The van der Waals surface area contributed by atoms with Gasteiger partial charge in [0.05, 0.1) is 23.9 Å². The molecule has 0 saturated heterocycles. The summed E-state index contributed by atoms with van der Waals surface area (Å²) in [6, 6.07) is 18.0.